The normalized spacial score (nSPS) is 9.92. The highest BCUT2D eigenvalue weighted by Crippen LogP contribution is 2.11. The number of ether oxygens (including phenoxy) is 2. The van der Waals surface area contributed by atoms with E-state index >= 15 is 0 Å². The Balaban J connectivity index is 2.35. The van der Waals surface area contributed by atoms with Crippen molar-refractivity contribution in [3.8, 4) is 5.88 Å². The SMILES string of the molecule is COCc1cc(OCCC=O)no1. The van der Waals surface area contributed by atoms with Crippen molar-refractivity contribution < 1.29 is 18.8 Å². The zero-order valence-electron chi connectivity index (χ0n) is 7.36. The first-order valence-electron chi connectivity index (χ1n) is 3.87. The molecule has 0 fully saturated rings. The maximum atomic E-state index is 9.96. The van der Waals surface area contributed by atoms with Crippen molar-refractivity contribution in [1.29, 1.82) is 0 Å². The molecule has 0 saturated heterocycles. The molecule has 1 aromatic heterocycles. The van der Waals surface area contributed by atoms with Crippen LogP contribution in [0.15, 0.2) is 10.6 Å². The fraction of sp³-hybridized carbons (Fsp3) is 0.500. The Hall–Kier alpha value is -1.36. The summed E-state index contributed by atoms with van der Waals surface area (Å²) in [7, 11) is 1.56. The van der Waals surface area contributed by atoms with Crippen LogP contribution in [0, 0.1) is 0 Å². The molecule has 0 N–H and O–H groups in total. The first-order chi connectivity index (χ1) is 6.36. The lowest BCUT2D eigenvalue weighted by Crippen LogP contribution is -1.97. The maximum absolute atomic E-state index is 9.96. The molecule has 0 unspecified atom stereocenters. The molecule has 72 valence electrons. The number of aldehydes is 1. The number of nitrogens with zero attached hydrogens (tertiary/aromatic N) is 1. The van der Waals surface area contributed by atoms with E-state index in [1.807, 2.05) is 0 Å². The van der Waals surface area contributed by atoms with Gasteiger partial charge in [-0.25, -0.2) is 0 Å². The second-order valence-electron chi connectivity index (χ2n) is 2.37. The molecule has 1 heterocycles. The van der Waals surface area contributed by atoms with E-state index in [0.717, 1.165) is 6.29 Å². The predicted octanol–water partition coefficient (Wildman–Crippen LogP) is 0.789. The van der Waals surface area contributed by atoms with Crippen molar-refractivity contribution in [2.45, 2.75) is 13.0 Å². The molecule has 1 rings (SSSR count). The van der Waals surface area contributed by atoms with Crippen molar-refractivity contribution >= 4 is 6.29 Å². The van der Waals surface area contributed by atoms with Gasteiger partial charge >= 0.3 is 0 Å². The lowest BCUT2D eigenvalue weighted by atomic mass is 10.5. The van der Waals surface area contributed by atoms with Crippen LogP contribution in [-0.4, -0.2) is 25.2 Å². The van der Waals surface area contributed by atoms with Crippen molar-refractivity contribution in [3.63, 3.8) is 0 Å². The Morgan fingerprint density at radius 1 is 1.69 bits per heavy atom. The Kier molecular flexibility index (Phi) is 3.98. The third-order valence-electron chi connectivity index (χ3n) is 1.31. The van der Waals surface area contributed by atoms with Gasteiger partial charge in [0.15, 0.2) is 5.76 Å². The Morgan fingerprint density at radius 2 is 2.54 bits per heavy atom. The maximum Gasteiger partial charge on any atom is 0.254 e. The van der Waals surface area contributed by atoms with Crippen LogP contribution in [0.2, 0.25) is 0 Å². The highest BCUT2D eigenvalue weighted by atomic mass is 16.5. The number of hydrogen-bond acceptors (Lipinski definition) is 5. The number of rotatable bonds is 6. The topological polar surface area (TPSA) is 61.6 Å². The van der Waals surface area contributed by atoms with Gasteiger partial charge in [-0.05, 0) is 5.16 Å². The van der Waals surface area contributed by atoms with Gasteiger partial charge in [0.1, 0.15) is 12.9 Å². The van der Waals surface area contributed by atoms with E-state index in [2.05, 4.69) is 5.16 Å². The minimum Gasteiger partial charge on any atom is -0.475 e. The Morgan fingerprint density at radius 3 is 3.23 bits per heavy atom. The monoisotopic (exact) mass is 185 g/mol. The van der Waals surface area contributed by atoms with E-state index in [4.69, 9.17) is 14.0 Å². The highest BCUT2D eigenvalue weighted by Gasteiger charge is 2.03. The minimum atomic E-state index is 0.322. The number of aromatic nitrogens is 1. The van der Waals surface area contributed by atoms with Gasteiger partial charge in [-0.3, -0.25) is 0 Å². The van der Waals surface area contributed by atoms with E-state index in [1.165, 1.54) is 0 Å². The molecule has 1 aromatic rings. The van der Waals surface area contributed by atoms with Crippen molar-refractivity contribution in [2.24, 2.45) is 0 Å². The first-order valence-corrected chi connectivity index (χ1v) is 3.87. The van der Waals surface area contributed by atoms with E-state index < -0.39 is 0 Å². The quantitative estimate of drug-likeness (QED) is 0.484. The van der Waals surface area contributed by atoms with Gasteiger partial charge in [-0.1, -0.05) is 0 Å². The van der Waals surface area contributed by atoms with E-state index in [1.54, 1.807) is 13.2 Å². The van der Waals surface area contributed by atoms with E-state index in [9.17, 15) is 4.79 Å². The molecule has 5 heteroatoms. The van der Waals surface area contributed by atoms with E-state index in [-0.39, 0.29) is 0 Å². The fourth-order valence-electron chi connectivity index (χ4n) is 0.784. The number of methoxy groups -OCH3 is 1. The molecule has 0 amide bonds. The molecular formula is C8H11NO4. The van der Waals surface area contributed by atoms with Crippen molar-refractivity contribution in [2.75, 3.05) is 13.7 Å². The minimum absolute atomic E-state index is 0.322. The fourth-order valence-corrected chi connectivity index (χ4v) is 0.784. The molecule has 0 spiro atoms. The summed E-state index contributed by atoms with van der Waals surface area (Å²) in [5.41, 5.74) is 0. The van der Waals surface area contributed by atoms with Gasteiger partial charge in [-0.2, -0.15) is 0 Å². The van der Waals surface area contributed by atoms with Crippen LogP contribution in [0.3, 0.4) is 0 Å². The van der Waals surface area contributed by atoms with Crippen LogP contribution in [0.5, 0.6) is 5.88 Å². The van der Waals surface area contributed by atoms with E-state index in [0.29, 0.717) is 31.3 Å². The zero-order valence-corrected chi connectivity index (χ0v) is 7.36. The summed E-state index contributed by atoms with van der Waals surface area (Å²) >= 11 is 0. The van der Waals surface area contributed by atoms with Crippen LogP contribution in [-0.2, 0) is 16.1 Å². The molecule has 0 radical (unpaired) electrons. The lowest BCUT2D eigenvalue weighted by Gasteiger charge is -1.94. The summed E-state index contributed by atoms with van der Waals surface area (Å²) in [6.45, 7) is 0.687. The lowest BCUT2D eigenvalue weighted by molar-refractivity contribution is -0.108. The summed E-state index contributed by atoms with van der Waals surface area (Å²) in [5.74, 6) is 0.984. The molecular weight excluding hydrogens is 174 g/mol. The Labute approximate surface area is 75.6 Å². The molecule has 0 aliphatic carbocycles. The van der Waals surface area contributed by atoms with Gasteiger partial charge in [0.05, 0.1) is 6.61 Å². The van der Waals surface area contributed by atoms with Gasteiger partial charge < -0.3 is 18.8 Å². The molecule has 0 atom stereocenters. The molecule has 0 aromatic carbocycles. The van der Waals surface area contributed by atoms with Gasteiger partial charge in [0.25, 0.3) is 5.88 Å². The third kappa shape index (κ3) is 3.25. The molecule has 5 nitrogen and oxygen atoms in total. The number of hydrogen-bond donors (Lipinski definition) is 0. The Bertz CT molecular complexity index is 258. The summed E-state index contributed by atoms with van der Waals surface area (Å²) < 4.78 is 14.8. The van der Waals surface area contributed by atoms with Gasteiger partial charge in [-0.15, -0.1) is 0 Å². The van der Waals surface area contributed by atoms with Gasteiger partial charge in [0.2, 0.25) is 0 Å². The van der Waals surface area contributed by atoms with Crippen LogP contribution < -0.4 is 4.74 Å². The highest BCUT2D eigenvalue weighted by molar-refractivity contribution is 5.49. The summed E-state index contributed by atoms with van der Waals surface area (Å²) in [6.07, 6.45) is 1.14. The average molecular weight is 185 g/mol. The van der Waals surface area contributed by atoms with Gasteiger partial charge in [0, 0.05) is 19.6 Å². The number of carbonyl (C=O) groups excluding carboxylic acids is 1. The van der Waals surface area contributed by atoms with Crippen LogP contribution >= 0.6 is 0 Å². The average Bonchev–Trinajstić information content (AvgIpc) is 2.54. The van der Waals surface area contributed by atoms with Crippen molar-refractivity contribution in [1.82, 2.24) is 5.16 Å². The summed E-state index contributed by atoms with van der Waals surface area (Å²) in [6, 6.07) is 1.63. The second kappa shape index (κ2) is 5.31. The summed E-state index contributed by atoms with van der Waals surface area (Å²) in [4.78, 5) is 9.96. The standard InChI is InChI=1S/C8H11NO4/c1-11-6-7-5-8(9-13-7)12-4-2-3-10/h3,5H,2,4,6H2,1H3. The second-order valence-corrected chi connectivity index (χ2v) is 2.37. The molecule has 0 saturated carbocycles. The predicted molar refractivity (Wildman–Crippen MR) is 43.4 cm³/mol. The van der Waals surface area contributed by atoms with Crippen LogP contribution in [0.25, 0.3) is 0 Å². The molecule has 13 heavy (non-hydrogen) atoms. The third-order valence-corrected chi connectivity index (χ3v) is 1.31. The van der Waals surface area contributed by atoms with Crippen molar-refractivity contribution in [3.05, 3.63) is 11.8 Å². The zero-order chi connectivity index (χ0) is 9.52. The first kappa shape index (κ1) is 9.73. The van der Waals surface area contributed by atoms with Crippen LogP contribution in [0.1, 0.15) is 12.2 Å². The largest absolute Gasteiger partial charge is 0.475 e. The summed E-state index contributed by atoms with van der Waals surface area (Å²) in [5, 5.41) is 3.61. The molecule has 0 aliphatic rings. The molecule has 0 bridgehead atoms. The molecule has 0 aliphatic heterocycles. The smallest absolute Gasteiger partial charge is 0.254 e. The number of carbonyl (C=O) groups is 1. The van der Waals surface area contributed by atoms with Crippen LogP contribution in [0.4, 0.5) is 0 Å².